The molecule has 1 amide bonds. The summed E-state index contributed by atoms with van der Waals surface area (Å²) in [7, 11) is 0. The van der Waals surface area contributed by atoms with E-state index in [-0.39, 0.29) is 11.9 Å². The Labute approximate surface area is 158 Å². The van der Waals surface area contributed by atoms with Gasteiger partial charge in [-0.25, -0.2) is 4.98 Å². The first-order chi connectivity index (χ1) is 12.6. The molecular weight excluding hydrogens is 340 g/mol. The lowest BCUT2D eigenvalue weighted by Crippen LogP contribution is -2.28. The van der Waals surface area contributed by atoms with Crippen LogP contribution in [-0.2, 0) is 4.79 Å². The van der Waals surface area contributed by atoms with Crippen molar-refractivity contribution in [3.8, 4) is 0 Å². The van der Waals surface area contributed by atoms with E-state index in [2.05, 4.69) is 43.1 Å². The van der Waals surface area contributed by atoms with Crippen molar-refractivity contribution >= 4 is 33.5 Å². The molecule has 1 fully saturated rings. The molecule has 1 aromatic heterocycles. The van der Waals surface area contributed by atoms with Gasteiger partial charge in [0.2, 0.25) is 5.91 Å². The predicted octanol–water partition coefficient (Wildman–Crippen LogP) is 5.29. The molecule has 4 heteroatoms. The number of hydrogen-bond acceptors (Lipinski definition) is 3. The van der Waals surface area contributed by atoms with E-state index in [4.69, 9.17) is 0 Å². The second-order valence-electron chi connectivity index (χ2n) is 6.89. The number of likely N-dealkylation sites (tertiary alicyclic amines) is 1. The number of benzene rings is 2. The van der Waals surface area contributed by atoms with Gasteiger partial charge in [0, 0.05) is 12.6 Å². The van der Waals surface area contributed by atoms with Crippen molar-refractivity contribution in [2.75, 3.05) is 6.54 Å². The Balaban J connectivity index is 1.53. The molecule has 1 aliphatic heterocycles. The molecule has 2 heterocycles. The van der Waals surface area contributed by atoms with Crippen molar-refractivity contribution in [2.24, 2.45) is 0 Å². The van der Waals surface area contributed by atoms with Crippen LogP contribution in [0.4, 0.5) is 0 Å². The molecule has 0 aliphatic carbocycles. The number of carbonyl (C=O) groups excluding carboxylic acids is 1. The van der Waals surface area contributed by atoms with E-state index < -0.39 is 0 Å². The molecule has 3 nitrogen and oxygen atoms in total. The van der Waals surface area contributed by atoms with E-state index in [0.29, 0.717) is 0 Å². The molecule has 0 N–H and O–H groups in total. The maximum absolute atomic E-state index is 12.8. The number of carbonyl (C=O) groups is 1. The molecule has 0 spiro atoms. The SMILES string of the molecule is Cc1ccc(C2CCCN2C(=O)/C=C/c2nc3ccccc3s2)cc1C. The van der Waals surface area contributed by atoms with Gasteiger partial charge in [-0.3, -0.25) is 4.79 Å². The number of amides is 1. The fourth-order valence-corrected chi connectivity index (χ4v) is 4.42. The zero-order chi connectivity index (χ0) is 18.1. The van der Waals surface area contributed by atoms with Gasteiger partial charge >= 0.3 is 0 Å². The van der Waals surface area contributed by atoms with Gasteiger partial charge < -0.3 is 4.90 Å². The van der Waals surface area contributed by atoms with Gasteiger partial charge in [-0.1, -0.05) is 30.3 Å². The molecule has 3 aromatic rings. The highest BCUT2D eigenvalue weighted by Crippen LogP contribution is 2.33. The minimum absolute atomic E-state index is 0.0741. The summed E-state index contributed by atoms with van der Waals surface area (Å²) in [6.45, 7) is 5.07. The number of aryl methyl sites for hydroxylation is 2. The van der Waals surface area contributed by atoms with Crippen LogP contribution in [0, 0.1) is 13.8 Å². The van der Waals surface area contributed by atoms with Gasteiger partial charge in [-0.05, 0) is 61.6 Å². The number of nitrogens with zero attached hydrogens (tertiary/aromatic N) is 2. The summed E-state index contributed by atoms with van der Waals surface area (Å²) < 4.78 is 1.15. The van der Waals surface area contributed by atoms with E-state index in [1.165, 1.54) is 16.7 Å². The molecule has 1 atom stereocenters. The topological polar surface area (TPSA) is 33.2 Å². The maximum atomic E-state index is 12.8. The fraction of sp³-hybridized carbons (Fsp3) is 0.273. The lowest BCUT2D eigenvalue weighted by Gasteiger charge is -2.24. The van der Waals surface area contributed by atoms with E-state index >= 15 is 0 Å². The Kier molecular flexibility index (Phi) is 4.60. The van der Waals surface area contributed by atoms with Crippen LogP contribution in [0.1, 0.15) is 40.6 Å². The van der Waals surface area contributed by atoms with Crippen molar-refractivity contribution in [1.29, 1.82) is 0 Å². The largest absolute Gasteiger partial charge is 0.332 e. The maximum Gasteiger partial charge on any atom is 0.247 e. The van der Waals surface area contributed by atoms with E-state index in [9.17, 15) is 4.79 Å². The van der Waals surface area contributed by atoms with Gasteiger partial charge in [0.1, 0.15) is 5.01 Å². The van der Waals surface area contributed by atoms with Crippen LogP contribution in [0.3, 0.4) is 0 Å². The first-order valence-electron chi connectivity index (χ1n) is 9.03. The van der Waals surface area contributed by atoms with Crippen LogP contribution in [-0.4, -0.2) is 22.3 Å². The quantitative estimate of drug-likeness (QED) is 0.593. The van der Waals surface area contributed by atoms with Gasteiger partial charge in [0.05, 0.1) is 16.3 Å². The minimum atomic E-state index is 0.0741. The Morgan fingerprint density at radius 1 is 1.19 bits per heavy atom. The zero-order valence-corrected chi connectivity index (χ0v) is 15.9. The molecule has 2 aromatic carbocycles. The molecular formula is C22H22N2OS. The Morgan fingerprint density at radius 3 is 2.85 bits per heavy atom. The van der Waals surface area contributed by atoms with Crippen LogP contribution in [0.15, 0.2) is 48.5 Å². The Hall–Kier alpha value is -2.46. The highest BCUT2D eigenvalue weighted by atomic mass is 32.1. The molecule has 0 saturated carbocycles. The van der Waals surface area contributed by atoms with Crippen molar-refractivity contribution in [3.63, 3.8) is 0 Å². The molecule has 132 valence electrons. The molecule has 1 saturated heterocycles. The van der Waals surface area contributed by atoms with Crippen LogP contribution in [0.25, 0.3) is 16.3 Å². The van der Waals surface area contributed by atoms with Crippen molar-refractivity contribution in [1.82, 2.24) is 9.88 Å². The summed E-state index contributed by atoms with van der Waals surface area (Å²) in [6.07, 6.45) is 5.61. The second kappa shape index (κ2) is 7.04. The number of rotatable bonds is 3. The van der Waals surface area contributed by atoms with Gasteiger partial charge in [-0.2, -0.15) is 0 Å². The van der Waals surface area contributed by atoms with Gasteiger partial charge in [0.15, 0.2) is 0 Å². The van der Waals surface area contributed by atoms with Crippen molar-refractivity contribution < 1.29 is 4.79 Å². The third kappa shape index (κ3) is 3.29. The minimum Gasteiger partial charge on any atom is -0.332 e. The first kappa shape index (κ1) is 17.0. The molecule has 0 radical (unpaired) electrons. The second-order valence-corrected chi connectivity index (χ2v) is 7.95. The van der Waals surface area contributed by atoms with Crippen LogP contribution >= 0.6 is 11.3 Å². The highest BCUT2D eigenvalue weighted by Gasteiger charge is 2.28. The van der Waals surface area contributed by atoms with Crippen LogP contribution in [0.5, 0.6) is 0 Å². The van der Waals surface area contributed by atoms with Gasteiger partial charge in [0.25, 0.3) is 0 Å². The standard InChI is InChI=1S/C22H22N2OS/c1-15-9-10-17(14-16(15)2)19-7-5-13-24(19)22(25)12-11-21-23-18-6-3-4-8-20(18)26-21/h3-4,6,8-12,14,19H,5,7,13H2,1-2H3/b12-11+. The summed E-state index contributed by atoms with van der Waals surface area (Å²) in [4.78, 5) is 19.4. The molecule has 4 rings (SSSR count). The monoisotopic (exact) mass is 362 g/mol. The lowest BCUT2D eigenvalue weighted by molar-refractivity contribution is -0.126. The summed E-state index contributed by atoms with van der Waals surface area (Å²) in [6, 6.07) is 14.8. The lowest BCUT2D eigenvalue weighted by atomic mass is 9.99. The average molecular weight is 362 g/mol. The van der Waals surface area contributed by atoms with E-state index in [1.807, 2.05) is 29.2 Å². The number of thiazole rings is 1. The Morgan fingerprint density at radius 2 is 2.04 bits per heavy atom. The Bertz CT molecular complexity index is 956. The van der Waals surface area contributed by atoms with E-state index in [0.717, 1.165) is 34.6 Å². The van der Waals surface area contributed by atoms with Crippen LogP contribution < -0.4 is 0 Å². The molecule has 1 unspecified atom stereocenters. The number of hydrogen-bond donors (Lipinski definition) is 0. The zero-order valence-electron chi connectivity index (χ0n) is 15.1. The number of fused-ring (bicyclic) bond motifs is 1. The average Bonchev–Trinajstić information content (AvgIpc) is 3.28. The van der Waals surface area contributed by atoms with Crippen molar-refractivity contribution in [3.05, 3.63) is 70.2 Å². The summed E-state index contributed by atoms with van der Waals surface area (Å²) in [5.41, 5.74) is 4.80. The van der Waals surface area contributed by atoms with Gasteiger partial charge in [-0.15, -0.1) is 11.3 Å². The third-order valence-corrected chi connectivity index (χ3v) is 6.13. The highest BCUT2D eigenvalue weighted by molar-refractivity contribution is 7.19. The molecule has 26 heavy (non-hydrogen) atoms. The third-order valence-electron chi connectivity index (χ3n) is 5.13. The number of aromatic nitrogens is 1. The van der Waals surface area contributed by atoms with E-state index in [1.54, 1.807) is 17.4 Å². The van der Waals surface area contributed by atoms with Crippen molar-refractivity contribution in [2.45, 2.75) is 32.7 Å². The summed E-state index contributed by atoms with van der Waals surface area (Å²) in [5, 5.41) is 0.876. The smallest absolute Gasteiger partial charge is 0.247 e. The molecule has 0 bridgehead atoms. The number of para-hydroxylation sites is 1. The summed E-state index contributed by atoms with van der Waals surface area (Å²) in [5.74, 6) is 0.0741. The van der Waals surface area contributed by atoms with Crippen LogP contribution in [0.2, 0.25) is 0 Å². The normalized spacial score (nSPS) is 17.5. The molecule has 1 aliphatic rings. The fourth-order valence-electron chi connectivity index (χ4n) is 3.55. The first-order valence-corrected chi connectivity index (χ1v) is 9.85. The summed E-state index contributed by atoms with van der Waals surface area (Å²) >= 11 is 1.61. The predicted molar refractivity (Wildman–Crippen MR) is 108 cm³/mol.